The molecule has 0 bridgehead atoms. The fourth-order valence-electron chi connectivity index (χ4n) is 1.52. The average molecular weight is 232 g/mol. The van der Waals surface area contributed by atoms with Crippen LogP contribution in [0.25, 0.3) is 0 Å². The second kappa shape index (κ2) is 4.84. The van der Waals surface area contributed by atoms with Gasteiger partial charge in [-0.3, -0.25) is 0 Å². The van der Waals surface area contributed by atoms with Gasteiger partial charge in [-0.15, -0.1) is 0 Å². The van der Waals surface area contributed by atoms with Crippen molar-refractivity contribution in [3.63, 3.8) is 0 Å². The molecule has 2 rings (SSSR count). The van der Waals surface area contributed by atoms with Gasteiger partial charge in [0.25, 0.3) is 0 Å². The van der Waals surface area contributed by atoms with Crippen LogP contribution in [0.15, 0.2) is 42.5 Å². The first kappa shape index (κ1) is 11.4. The molecule has 4 heteroatoms. The standard InChI is InChI=1S/C13H13FN2O/c14-10-2-1-3-12(7-10)17-13-5-4-11(16)6-9(13)8-15/h1-7H,8,15-16H2. The maximum Gasteiger partial charge on any atom is 0.132 e. The van der Waals surface area contributed by atoms with Gasteiger partial charge in [-0.1, -0.05) is 6.07 Å². The van der Waals surface area contributed by atoms with Crippen LogP contribution in [0.5, 0.6) is 11.5 Å². The largest absolute Gasteiger partial charge is 0.457 e. The van der Waals surface area contributed by atoms with Gasteiger partial charge in [-0.05, 0) is 30.3 Å². The highest BCUT2D eigenvalue weighted by molar-refractivity contribution is 5.49. The molecule has 0 fully saturated rings. The predicted molar refractivity (Wildman–Crippen MR) is 65.2 cm³/mol. The lowest BCUT2D eigenvalue weighted by Gasteiger charge is -2.10. The van der Waals surface area contributed by atoms with Crippen molar-refractivity contribution < 1.29 is 9.13 Å². The molecule has 4 N–H and O–H groups in total. The number of rotatable bonds is 3. The lowest BCUT2D eigenvalue weighted by Crippen LogP contribution is -2.00. The third-order valence-electron chi connectivity index (χ3n) is 2.33. The number of benzene rings is 2. The Kier molecular flexibility index (Phi) is 3.25. The zero-order valence-corrected chi connectivity index (χ0v) is 9.19. The van der Waals surface area contributed by atoms with Gasteiger partial charge < -0.3 is 16.2 Å². The summed E-state index contributed by atoms with van der Waals surface area (Å²) in [5.74, 6) is 0.684. The van der Waals surface area contributed by atoms with Crippen LogP contribution in [-0.4, -0.2) is 0 Å². The normalized spacial score (nSPS) is 10.2. The van der Waals surface area contributed by atoms with Crippen LogP contribution < -0.4 is 16.2 Å². The van der Waals surface area contributed by atoms with Crippen LogP contribution in [0.2, 0.25) is 0 Å². The maximum atomic E-state index is 13.0. The van der Waals surface area contributed by atoms with Gasteiger partial charge in [0.2, 0.25) is 0 Å². The highest BCUT2D eigenvalue weighted by Crippen LogP contribution is 2.27. The fourth-order valence-corrected chi connectivity index (χ4v) is 1.52. The molecule has 2 aromatic carbocycles. The molecule has 17 heavy (non-hydrogen) atoms. The molecular formula is C13H13FN2O. The summed E-state index contributed by atoms with van der Waals surface area (Å²) in [6, 6.07) is 11.1. The van der Waals surface area contributed by atoms with E-state index in [0.717, 1.165) is 5.56 Å². The van der Waals surface area contributed by atoms with E-state index >= 15 is 0 Å². The average Bonchev–Trinajstić information content (AvgIpc) is 2.31. The monoisotopic (exact) mass is 232 g/mol. The molecule has 0 amide bonds. The van der Waals surface area contributed by atoms with Crippen LogP contribution >= 0.6 is 0 Å². The lowest BCUT2D eigenvalue weighted by molar-refractivity contribution is 0.471. The molecule has 0 aliphatic rings. The Labute approximate surface area is 98.8 Å². The zero-order valence-electron chi connectivity index (χ0n) is 9.19. The number of anilines is 1. The second-order valence-corrected chi connectivity index (χ2v) is 3.63. The van der Waals surface area contributed by atoms with Gasteiger partial charge in [0.15, 0.2) is 0 Å². The minimum atomic E-state index is -0.341. The first-order valence-electron chi connectivity index (χ1n) is 5.21. The van der Waals surface area contributed by atoms with Gasteiger partial charge in [0, 0.05) is 23.9 Å². The Morgan fingerprint density at radius 3 is 2.65 bits per heavy atom. The van der Waals surface area contributed by atoms with Crippen molar-refractivity contribution in [2.24, 2.45) is 5.73 Å². The lowest BCUT2D eigenvalue weighted by atomic mass is 10.2. The minimum absolute atomic E-state index is 0.315. The van der Waals surface area contributed by atoms with Crippen molar-refractivity contribution in [2.75, 3.05) is 5.73 Å². The van der Waals surface area contributed by atoms with E-state index in [4.69, 9.17) is 16.2 Å². The molecule has 0 saturated heterocycles. The number of nitrogen functional groups attached to an aromatic ring is 1. The Morgan fingerprint density at radius 1 is 1.12 bits per heavy atom. The van der Waals surface area contributed by atoms with Crippen molar-refractivity contribution in [2.45, 2.75) is 6.54 Å². The first-order valence-corrected chi connectivity index (χ1v) is 5.21. The van der Waals surface area contributed by atoms with E-state index < -0.39 is 0 Å². The Bertz CT molecular complexity index is 529. The number of hydrogen-bond donors (Lipinski definition) is 2. The number of nitrogens with two attached hydrogens (primary N) is 2. The summed E-state index contributed by atoms with van der Waals surface area (Å²) in [6.45, 7) is 0.315. The summed E-state index contributed by atoms with van der Waals surface area (Å²) in [4.78, 5) is 0. The first-order chi connectivity index (χ1) is 8.19. The molecule has 0 saturated carbocycles. The summed E-state index contributed by atoms with van der Waals surface area (Å²) in [5, 5.41) is 0. The van der Waals surface area contributed by atoms with Crippen molar-refractivity contribution in [3.05, 3.63) is 53.8 Å². The quantitative estimate of drug-likeness (QED) is 0.800. The molecule has 0 aliphatic heterocycles. The number of ether oxygens (including phenoxy) is 1. The Hall–Kier alpha value is -2.07. The van der Waals surface area contributed by atoms with Crippen LogP contribution in [0.1, 0.15) is 5.56 Å². The number of hydrogen-bond acceptors (Lipinski definition) is 3. The molecule has 2 aromatic rings. The van der Waals surface area contributed by atoms with E-state index in [-0.39, 0.29) is 5.82 Å². The van der Waals surface area contributed by atoms with E-state index in [1.54, 1.807) is 30.3 Å². The molecule has 0 heterocycles. The highest BCUT2D eigenvalue weighted by atomic mass is 19.1. The van der Waals surface area contributed by atoms with E-state index in [2.05, 4.69) is 0 Å². The van der Waals surface area contributed by atoms with Crippen molar-refractivity contribution >= 4 is 5.69 Å². The van der Waals surface area contributed by atoms with Crippen molar-refractivity contribution in [3.8, 4) is 11.5 Å². The third kappa shape index (κ3) is 2.73. The van der Waals surface area contributed by atoms with Gasteiger partial charge in [-0.25, -0.2) is 4.39 Å². The summed E-state index contributed by atoms with van der Waals surface area (Å²) >= 11 is 0. The Balaban J connectivity index is 2.29. The minimum Gasteiger partial charge on any atom is -0.457 e. The topological polar surface area (TPSA) is 61.3 Å². The smallest absolute Gasteiger partial charge is 0.132 e. The van der Waals surface area contributed by atoms with Gasteiger partial charge in [-0.2, -0.15) is 0 Å². The molecular weight excluding hydrogens is 219 g/mol. The molecule has 0 atom stereocenters. The molecule has 0 spiro atoms. The van der Waals surface area contributed by atoms with Crippen LogP contribution in [0.3, 0.4) is 0 Å². The summed E-state index contributed by atoms with van der Waals surface area (Å²) in [6.07, 6.45) is 0. The Morgan fingerprint density at radius 2 is 1.94 bits per heavy atom. The summed E-state index contributed by atoms with van der Waals surface area (Å²) < 4.78 is 18.6. The van der Waals surface area contributed by atoms with Crippen molar-refractivity contribution in [1.82, 2.24) is 0 Å². The molecule has 0 unspecified atom stereocenters. The van der Waals surface area contributed by atoms with Crippen LogP contribution in [0, 0.1) is 5.82 Å². The molecule has 88 valence electrons. The zero-order chi connectivity index (χ0) is 12.3. The second-order valence-electron chi connectivity index (χ2n) is 3.63. The maximum absolute atomic E-state index is 13.0. The molecule has 0 aromatic heterocycles. The van der Waals surface area contributed by atoms with E-state index in [9.17, 15) is 4.39 Å². The van der Waals surface area contributed by atoms with Gasteiger partial charge >= 0.3 is 0 Å². The molecule has 0 aliphatic carbocycles. The van der Waals surface area contributed by atoms with Gasteiger partial charge in [0.1, 0.15) is 17.3 Å². The van der Waals surface area contributed by atoms with E-state index in [0.29, 0.717) is 23.7 Å². The SMILES string of the molecule is NCc1cc(N)ccc1Oc1cccc(F)c1. The van der Waals surface area contributed by atoms with Crippen LogP contribution in [0.4, 0.5) is 10.1 Å². The fraction of sp³-hybridized carbons (Fsp3) is 0.0769. The third-order valence-corrected chi connectivity index (χ3v) is 2.33. The van der Waals surface area contributed by atoms with Crippen LogP contribution in [-0.2, 0) is 6.54 Å². The van der Waals surface area contributed by atoms with E-state index in [1.165, 1.54) is 12.1 Å². The van der Waals surface area contributed by atoms with E-state index in [1.807, 2.05) is 0 Å². The highest BCUT2D eigenvalue weighted by Gasteiger charge is 2.04. The number of halogens is 1. The molecule has 0 radical (unpaired) electrons. The summed E-state index contributed by atoms with van der Waals surface area (Å²) in [7, 11) is 0. The van der Waals surface area contributed by atoms with Gasteiger partial charge in [0.05, 0.1) is 0 Å². The summed E-state index contributed by atoms with van der Waals surface area (Å²) in [5.41, 5.74) is 12.7. The van der Waals surface area contributed by atoms with Crippen molar-refractivity contribution in [1.29, 1.82) is 0 Å². The molecule has 3 nitrogen and oxygen atoms in total. The predicted octanol–water partition coefficient (Wildman–Crippen LogP) is 2.66.